The summed E-state index contributed by atoms with van der Waals surface area (Å²) in [5.74, 6) is 0. The van der Waals surface area contributed by atoms with Crippen LogP contribution in [-0.4, -0.2) is 23.6 Å². The summed E-state index contributed by atoms with van der Waals surface area (Å²) < 4.78 is 44.9. The van der Waals surface area contributed by atoms with Gasteiger partial charge in [0.05, 0.1) is 23.0 Å². The van der Waals surface area contributed by atoms with Crippen LogP contribution in [0.5, 0.6) is 0 Å². The molecule has 1 aromatic rings. The van der Waals surface area contributed by atoms with Gasteiger partial charge in [-0.25, -0.2) is 9.79 Å². The van der Waals surface area contributed by atoms with E-state index in [1.807, 2.05) is 5.32 Å². The number of rotatable bonds is 3. The molecule has 0 aromatic heterocycles. The fourth-order valence-electron chi connectivity index (χ4n) is 1.64. The third-order valence-corrected chi connectivity index (χ3v) is 2.54. The summed E-state index contributed by atoms with van der Waals surface area (Å²) in [7, 11) is 0. The van der Waals surface area contributed by atoms with E-state index in [-0.39, 0.29) is 11.3 Å². The molecule has 0 spiro atoms. The Morgan fingerprint density at radius 2 is 2.00 bits per heavy atom. The maximum atomic E-state index is 13.3. The molecule has 0 saturated carbocycles. The zero-order chi connectivity index (χ0) is 19.3. The van der Waals surface area contributed by atoms with Crippen LogP contribution in [0.2, 0.25) is 0 Å². The normalized spacial score (nSPS) is 13.2. The molecule has 6 nitrogen and oxygen atoms in total. The Bertz CT molecular complexity index is 741. The molecule has 1 rings (SSSR count). The molecule has 1 aromatic carbocycles. The lowest BCUT2D eigenvalue weighted by Gasteiger charge is -2.21. The van der Waals surface area contributed by atoms with Crippen molar-refractivity contribution >= 4 is 17.5 Å². The van der Waals surface area contributed by atoms with Crippen LogP contribution in [0.3, 0.4) is 0 Å². The number of ether oxygens (including phenoxy) is 1. The van der Waals surface area contributed by atoms with Gasteiger partial charge in [0, 0.05) is 6.20 Å². The topological polar surface area (TPSA) is 100 Å². The zero-order valence-electron chi connectivity index (χ0n) is 13.8. The maximum Gasteiger partial charge on any atom is 0.435 e. The first-order valence-corrected chi connectivity index (χ1v) is 7.04. The second-order valence-electron chi connectivity index (χ2n) is 5.83. The Morgan fingerprint density at radius 1 is 1.36 bits per heavy atom. The molecule has 0 radical (unpaired) electrons. The summed E-state index contributed by atoms with van der Waals surface area (Å²) in [6.07, 6.45) is -5.43. The zero-order valence-corrected chi connectivity index (χ0v) is 13.8. The Balaban J connectivity index is 3.23. The van der Waals surface area contributed by atoms with Gasteiger partial charge in [-0.05, 0) is 39.0 Å². The van der Waals surface area contributed by atoms with Crippen molar-refractivity contribution in [2.24, 2.45) is 10.7 Å². The Kier molecular flexibility index (Phi) is 6.17. The van der Waals surface area contributed by atoms with Crippen LogP contribution in [0.1, 0.15) is 26.3 Å². The van der Waals surface area contributed by atoms with Gasteiger partial charge in [-0.2, -0.15) is 18.4 Å². The third-order valence-electron chi connectivity index (χ3n) is 2.54. The highest BCUT2D eigenvalue weighted by Crippen LogP contribution is 2.25. The number of nitrogens with two attached hydrogens (primary N) is 1. The number of aliphatic imine (C=N–C) groups is 1. The molecule has 0 fully saturated rings. The number of carbonyl (C=O) groups is 1. The van der Waals surface area contributed by atoms with Gasteiger partial charge in [0.2, 0.25) is 0 Å². The molecule has 3 N–H and O–H groups in total. The lowest BCUT2D eigenvalue weighted by Crippen LogP contribution is -2.38. The first kappa shape index (κ1) is 20.0. The minimum atomic E-state index is -4.90. The van der Waals surface area contributed by atoms with Crippen molar-refractivity contribution in [1.29, 1.82) is 5.26 Å². The van der Waals surface area contributed by atoms with Crippen LogP contribution in [0.15, 0.2) is 41.2 Å². The van der Waals surface area contributed by atoms with Crippen molar-refractivity contribution < 1.29 is 22.7 Å². The van der Waals surface area contributed by atoms with Crippen molar-refractivity contribution in [3.05, 3.63) is 41.7 Å². The van der Waals surface area contributed by atoms with E-state index in [0.29, 0.717) is 6.20 Å². The van der Waals surface area contributed by atoms with Gasteiger partial charge in [-0.1, -0.05) is 6.07 Å². The fourth-order valence-corrected chi connectivity index (χ4v) is 1.64. The van der Waals surface area contributed by atoms with Crippen molar-refractivity contribution in [2.75, 3.05) is 0 Å². The predicted molar refractivity (Wildman–Crippen MR) is 85.9 cm³/mol. The second kappa shape index (κ2) is 7.70. The summed E-state index contributed by atoms with van der Waals surface area (Å²) in [6, 6.07) is 7.07. The molecule has 9 heteroatoms. The SMILES string of the molecule is CC(C)(C)OC(=O)NC(=CN)C(=Nc1cccc(C#N)c1)C(F)(F)F. The van der Waals surface area contributed by atoms with Gasteiger partial charge < -0.3 is 10.5 Å². The van der Waals surface area contributed by atoms with Crippen molar-refractivity contribution in [3.8, 4) is 6.07 Å². The maximum absolute atomic E-state index is 13.3. The van der Waals surface area contributed by atoms with Crippen molar-refractivity contribution in [2.45, 2.75) is 32.5 Å². The summed E-state index contributed by atoms with van der Waals surface area (Å²) in [5, 5.41) is 10.8. The first-order valence-electron chi connectivity index (χ1n) is 7.04. The lowest BCUT2D eigenvalue weighted by molar-refractivity contribution is -0.0584. The summed E-state index contributed by atoms with van der Waals surface area (Å²) in [6.45, 7) is 4.68. The molecule has 1 amide bonds. The van der Waals surface area contributed by atoms with Crippen LogP contribution in [0.4, 0.5) is 23.7 Å². The molecule has 0 saturated heterocycles. The van der Waals surface area contributed by atoms with E-state index in [1.165, 1.54) is 24.3 Å². The summed E-state index contributed by atoms with van der Waals surface area (Å²) in [5.41, 5.74) is 2.17. The number of nitriles is 1. The summed E-state index contributed by atoms with van der Waals surface area (Å²) in [4.78, 5) is 15.2. The number of allylic oxidation sites excluding steroid dienone is 1. The fraction of sp³-hybridized carbons (Fsp3) is 0.312. The molecule has 0 bridgehead atoms. The Hall–Kier alpha value is -3.02. The number of amides is 1. The second-order valence-corrected chi connectivity index (χ2v) is 5.83. The van der Waals surface area contributed by atoms with Crippen LogP contribution < -0.4 is 11.1 Å². The molecular formula is C16H17F3N4O2. The van der Waals surface area contributed by atoms with Gasteiger partial charge in [-0.15, -0.1) is 0 Å². The number of carbonyl (C=O) groups excluding carboxylic acids is 1. The molecule has 0 aliphatic carbocycles. The smallest absolute Gasteiger partial charge is 0.435 e. The molecule has 0 heterocycles. The number of hydrogen-bond donors (Lipinski definition) is 2. The summed E-state index contributed by atoms with van der Waals surface area (Å²) >= 11 is 0. The molecule has 134 valence electrons. The minimum absolute atomic E-state index is 0.114. The number of alkyl carbamates (subject to hydrolysis) is 1. The molecule has 25 heavy (non-hydrogen) atoms. The average molecular weight is 354 g/mol. The number of hydrogen-bond acceptors (Lipinski definition) is 5. The minimum Gasteiger partial charge on any atom is -0.444 e. The van der Waals surface area contributed by atoms with Crippen LogP contribution in [-0.2, 0) is 4.74 Å². The van der Waals surface area contributed by atoms with E-state index in [2.05, 4.69) is 4.99 Å². The van der Waals surface area contributed by atoms with E-state index >= 15 is 0 Å². The van der Waals surface area contributed by atoms with Crippen molar-refractivity contribution in [3.63, 3.8) is 0 Å². The molecule has 0 unspecified atom stereocenters. The molecule has 0 aliphatic heterocycles. The van der Waals surface area contributed by atoms with Gasteiger partial charge >= 0.3 is 12.3 Å². The van der Waals surface area contributed by atoms with Crippen LogP contribution in [0, 0.1) is 11.3 Å². The standard InChI is InChI=1S/C16H17F3N4O2/c1-15(2,3)25-14(24)23-12(9-21)13(16(17,18)19)22-11-6-4-5-10(7-11)8-20/h4-7,9H,21H2,1-3H3,(H,23,24). The van der Waals surface area contributed by atoms with Crippen molar-refractivity contribution in [1.82, 2.24) is 5.32 Å². The van der Waals surface area contributed by atoms with E-state index in [0.717, 1.165) is 0 Å². The molecular weight excluding hydrogens is 337 g/mol. The van der Waals surface area contributed by atoms with Gasteiger partial charge in [0.25, 0.3) is 0 Å². The average Bonchev–Trinajstić information content (AvgIpc) is 2.48. The number of nitrogens with one attached hydrogen (secondary N) is 1. The third kappa shape index (κ3) is 6.55. The number of benzene rings is 1. The Labute approximate surface area is 142 Å². The molecule has 0 atom stereocenters. The number of nitrogens with zero attached hydrogens (tertiary/aromatic N) is 2. The van der Waals surface area contributed by atoms with Gasteiger partial charge in [-0.3, -0.25) is 5.32 Å². The van der Waals surface area contributed by atoms with E-state index in [9.17, 15) is 18.0 Å². The quantitative estimate of drug-likeness (QED) is 0.811. The predicted octanol–water partition coefficient (Wildman–Crippen LogP) is 3.52. The monoisotopic (exact) mass is 354 g/mol. The highest BCUT2D eigenvalue weighted by molar-refractivity contribution is 6.07. The van der Waals surface area contributed by atoms with E-state index in [1.54, 1.807) is 26.8 Å². The first-order chi connectivity index (χ1) is 11.5. The Morgan fingerprint density at radius 3 is 2.48 bits per heavy atom. The molecule has 0 aliphatic rings. The van der Waals surface area contributed by atoms with Crippen LogP contribution in [0.25, 0.3) is 0 Å². The number of halogens is 3. The van der Waals surface area contributed by atoms with Crippen LogP contribution >= 0.6 is 0 Å². The van der Waals surface area contributed by atoms with E-state index < -0.39 is 29.3 Å². The largest absolute Gasteiger partial charge is 0.444 e. The number of alkyl halides is 3. The van der Waals surface area contributed by atoms with E-state index in [4.69, 9.17) is 15.7 Å². The highest BCUT2D eigenvalue weighted by Gasteiger charge is 2.39. The van der Waals surface area contributed by atoms with Gasteiger partial charge in [0.1, 0.15) is 5.60 Å². The van der Waals surface area contributed by atoms with Gasteiger partial charge in [0.15, 0.2) is 5.71 Å². The highest BCUT2D eigenvalue weighted by atomic mass is 19.4. The lowest BCUT2D eigenvalue weighted by atomic mass is 10.2.